The monoisotopic (exact) mass is 382 g/mol. The minimum absolute atomic E-state index is 0.0869. The van der Waals surface area contributed by atoms with Gasteiger partial charge in [0.25, 0.3) is 5.91 Å². The molecule has 1 aliphatic carbocycles. The van der Waals surface area contributed by atoms with E-state index in [1.54, 1.807) is 6.20 Å². The predicted molar refractivity (Wildman–Crippen MR) is 107 cm³/mol. The van der Waals surface area contributed by atoms with Crippen molar-refractivity contribution < 1.29 is 9.21 Å². The number of rotatable bonds is 6. The van der Waals surface area contributed by atoms with Gasteiger partial charge in [0.15, 0.2) is 6.39 Å². The lowest BCUT2D eigenvalue weighted by molar-refractivity contribution is 0.0559. The average molecular weight is 383 g/mol. The van der Waals surface area contributed by atoms with E-state index in [9.17, 15) is 4.79 Å². The summed E-state index contributed by atoms with van der Waals surface area (Å²) in [5, 5.41) is 0. The zero-order valence-corrected chi connectivity index (χ0v) is 16.5. The molecule has 2 aliphatic rings. The van der Waals surface area contributed by atoms with Crippen molar-refractivity contribution >= 4 is 5.91 Å². The second-order valence-corrected chi connectivity index (χ2v) is 8.21. The van der Waals surface area contributed by atoms with Crippen LogP contribution in [0.25, 0.3) is 0 Å². The third kappa shape index (κ3) is 4.79. The van der Waals surface area contributed by atoms with Crippen LogP contribution in [0, 0.1) is 5.92 Å². The zero-order valence-electron chi connectivity index (χ0n) is 16.5. The van der Waals surface area contributed by atoms with Crippen molar-refractivity contribution in [1.29, 1.82) is 0 Å². The Balaban J connectivity index is 1.44. The number of nitrogens with zero attached hydrogens (tertiary/aromatic N) is 4. The van der Waals surface area contributed by atoms with Crippen molar-refractivity contribution in [3.63, 3.8) is 0 Å². The number of carbonyl (C=O) groups excluding carboxylic acids is 1. The van der Waals surface area contributed by atoms with Gasteiger partial charge in [-0.1, -0.05) is 25.3 Å². The quantitative estimate of drug-likeness (QED) is 0.761. The number of amides is 1. The Hall–Kier alpha value is -2.21. The minimum Gasteiger partial charge on any atom is -0.438 e. The van der Waals surface area contributed by atoms with Gasteiger partial charge in [-0.25, -0.2) is 4.98 Å². The normalized spacial score (nSPS) is 21.5. The number of hydrogen-bond donors (Lipinski definition) is 0. The van der Waals surface area contributed by atoms with Crippen LogP contribution in [0.5, 0.6) is 0 Å². The van der Waals surface area contributed by atoms with Crippen molar-refractivity contribution in [3.05, 3.63) is 48.4 Å². The van der Waals surface area contributed by atoms with Crippen LogP contribution in [0.1, 0.15) is 61.1 Å². The molecule has 1 saturated heterocycles. The summed E-state index contributed by atoms with van der Waals surface area (Å²) in [5.74, 6) is 0.721. The highest BCUT2D eigenvalue weighted by Gasteiger charge is 2.30. The molecular formula is C22H30N4O2. The van der Waals surface area contributed by atoms with Crippen molar-refractivity contribution in [2.24, 2.45) is 5.92 Å². The molecule has 0 aromatic carbocycles. The molecule has 0 unspecified atom stereocenters. The third-order valence-electron chi connectivity index (χ3n) is 6.15. The topological polar surface area (TPSA) is 62.5 Å². The van der Waals surface area contributed by atoms with Gasteiger partial charge in [-0.3, -0.25) is 9.78 Å². The second-order valence-electron chi connectivity index (χ2n) is 8.21. The number of carbonyl (C=O) groups is 1. The first-order chi connectivity index (χ1) is 13.8. The fourth-order valence-electron chi connectivity index (χ4n) is 4.74. The molecule has 6 heteroatoms. The molecule has 1 atom stereocenters. The standard InChI is InChI=1S/C22H30N4O2/c27-22(21-13-24-17-28-21)26(14-18-6-4-10-23-12-18)16-19-7-5-11-25(15-19)20-8-2-1-3-9-20/h4,6,10,12-13,17,19-20H,1-3,5,7-9,11,14-16H2/t19-/m1/s1. The molecule has 2 aromatic rings. The molecule has 1 aliphatic heterocycles. The van der Waals surface area contributed by atoms with Gasteiger partial charge in [-0.2, -0.15) is 0 Å². The summed E-state index contributed by atoms with van der Waals surface area (Å²) >= 11 is 0. The maximum Gasteiger partial charge on any atom is 0.291 e. The highest BCUT2D eigenvalue weighted by molar-refractivity contribution is 5.91. The highest BCUT2D eigenvalue weighted by atomic mass is 16.3. The van der Waals surface area contributed by atoms with Gasteiger partial charge >= 0.3 is 0 Å². The van der Waals surface area contributed by atoms with Crippen molar-refractivity contribution in [1.82, 2.24) is 19.8 Å². The van der Waals surface area contributed by atoms with E-state index in [2.05, 4.69) is 14.9 Å². The van der Waals surface area contributed by atoms with Gasteiger partial charge in [0, 0.05) is 38.1 Å². The van der Waals surface area contributed by atoms with Crippen molar-refractivity contribution in [2.45, 2.75) is 57.5 Å². The smallest absolute Gasteiger partial charge is 0.291 e. The van der Waals surface area contributed by atoms with E-state index in [-0.39, 0.29) is 5.91 Å². The Bertz CT molecular complexity index is 728. The van der Waals surface area contributed by atoms with Crippen LogP contribution < -0.4 is 0 Å². The van der Waals surface area contributed by atoms with Crippen molar-refractivity contribution in [3.8, 4) is 0 Å². The lowest BCUT2D eigenvalue weighted by atomic mass is 9.90. The Morgan fingerprint density at radius 2 is 2.04 bits per heavy atom. The van der Waals surface area contributed by atoms with E-state index in [1.165, 1.54) is 64.1 Å². The lowest BCUT2D eigenvalue weighted by Crippen LogP contribution is -2.47. The van der Waals surface area contributed by atoms with E-state index in [0.717, 1.165) is 24.7 Å². The van der Waals surface area contributed by atoms with Gasteiger partial charge in [0.2, 0.25) is 5.76 Å². The van der Waals surface area contributed by atoms with Crippen LogP contribution >= 0.6 is 0 Å². The molecule has 1 amide bonds. The predicted octanol–water partition coefficient (Wildman–Crippen LogP) is 3.76. The first-order valence-corrected chi connectivity index (χ1v) is 10.6. The molecule has 3 heterocycles. The first kappa shape index (κ1) is 19.1. The van der Waals surface area contributed by atoms with E-state index in [1.807, 2.05) is 23.2 Å². The Kier molecular flexibility index (Phi) is 6.37. The summed E-state index contributed by atoms with van der Waals surface area (Å²) in [6.07, 6.45) is 15.6. The number of hydrogen-bond acceptors (Lipinski definition) is 5. The summed E-state index contributed by atoms with van der Waals surface area (Å²) < 4.78 is 5.29. The van der Waals surface area contributed by atoms with Crippen LogP contribution in [0.2, 0.25) is 0 Å². The molecular weight excluding hydrogens is 352 g/mol. The van der Waals surface area contributed by atoms with Crippen LogP contribution in [-0.2, 0) is 6.54 Å². The van der Waals surface area contributed by atoms with Crippen LogP contribution in [-0.4, -0.2) is 51.4 Å². The van der Waals surface area contributed by atoms with Gasteiger partial charge in [-0.05, 0) is 49.8 Å². The summed E-state index contributed by atoms with van der Waals surface area (Å²) in [7, 11) is 0. The Labute approximate surface area is 167 Å². The largest absolute Gasteiger partial charge is 0.438 e. The second kappa shape index (κ2) is 9.32. The lowest BCUT2D eigenvalue weighted by Gasteiger charge is -2.41. The van der Waals surface area contributed by atoms with Crippen LogP contribution in [0.15, 0.2) is 41.5 Å². The fourth-order valence-corrected chi connectivity index (χ4v) is 4.74. The molecule has 1 saturated carbocycles. The molecule has 0 radical (unpaired) electrons. The van der Waals surface area contributed by atoms with Gasteiger partial charge < -0.3 is 14.2 Å². The fraction of sp³-hybridized carbons (Fsp3) is 0.591. The molecule has 150 valence electrons. The van der Waals surface area contributed by atoms with Gasteiger partial charge in [0.05, 0.1) is 6.20 Å². The number of likely N-dealkylation sites (tertiary alicyclic amines) is 1. The number of oxazole rings is 1. The molecule has 4 rings (SSSR count). The maximum atomic E-state index is 13.0. The maximum absolute atomic E-state index is 13.0. The van der Waals surface area contributed by atoms with Gasteiger partial charge in [-0.15, -0.1) is 0 Å². The summed E-state index contributed by atoms with van der Waals surface area (Å²) in [4.78, 5) is 25.7. The third-order valence-corrected chi connectivity index (χ3v) is 6.15. The molecule has 6 nitrogen and oxygen atoms in total. The Morgan fingerprint density at radius 1 is 1.14 bits per heavy atom. The SMILES string of the molecule is O=C(c1cnco1)N(Cc1cccnc1)C[C@@H]1CCCN(C2CCCCC2)C1. The molecule has 2 fully saturated rings. The van der Waals surface area contributed by atoms with E-state index < -0.39 is 0 Å². The van der Waals surface area contributed by atoms with Crippen LogP contribution in [0.3, 0.4) is 0 Å². The first-order valence-electron chi connectivity index (χ1n) is 10.6. The van der Waals surface area contributed by atoms with E-state index >= 15 is 0 Å². The van der Waals surface area contributed by atoms with Gasteiger partial charge in [0.1, 0.15) is 0 Å². The summed E-state index contributed by atoms with van der Waals surface area (Å²) in [5.41, 5.74) is 1.04. The van der Waals surface area contributed by atoms with E-state index in [0.29, 0.717) is 18.2 Å². The number of piperidine rings is 1. The zero-order chi connectivity index (χ0) is 19.2. The summed E-state index contributed by atoms with van der Waals surface area (Å²) in [6.45, 7) is 3.60. The van der Waals surface area contributed by atoms with Crippen LogP contribution in [0.4, 0.5) is 0 Å². The molecule has 2 aromatic heterocycles. The molecule has 0 spiro atoms. The average Bonchev–Trinajstić information content (AvgIpc) is 3.29. The molecule has 0 N–H and O–H groups in total. The van der Waals surface area contributed by atoms with E-state index in [4.69, 9.17) is 4.42 Å². The summed E-state index contributed by atoms with van der Waals surface area (Å²) in [6, 6.07) is 4.68. The number of aromatic nitrogens is 2. The Morgan fingerprint density at radius 3 is 2.79 bits per heavy atom. The molecule has 0 bridgehead atoms. The minimum atomic E-state index is -0.0869. The highest BCUT2D eigenvalue weighted by Crippen LogP contribution is 2.28. The molecule has 28 heavy (non-hydrogen) atoms. The number of pyridine rings is 1. The van der Waals surface area contributed by atoms with Crippen molar-refractivity contribution in [2.75, 3.05) is 19.6 Å².